The molecule has 24 heavy (non-hydrogen) atoms. The molecule has 2 N–H and O–H groups in total. The van der Waals surface area contributed by atoms with Gasteiger partial charge in [0.05, 0.1) is 12.6 Å². The Morgan fingerprint density at radius 1 is 1.12 bits per heavy atom. The molecule has 0 aliphatic heterocycles. The van der Waals surface area contributed by atoms with E-state index >= 15 is 0 Å². The van der Waals surface area contributed by atoms with Crippen LogP contribution < -0.4 is 15.5 Å². The van der Waals surface area contributed by atoms with Gasteiger partial charge in [-0.05, 0) is 36.8 Å². The van der Waals surface area contributed by atoms with Gasteiger partial charge in [-0.1, -0.05) is 30.3 Å². The maximum atomic E-state index is 11.9. The number of carbonyl (C=O) groups is 1. The van der Waals surface area contributed by atoms with Crippen molar-refractivity contribution in [3.63, 3.8) is 0 Å². The average molecular weight is 327 g/mol. The molecule has 0 radical (unpaired) electrons. The van der Waals surface area contributed by atoms with Gasteiger partial charge in [-0.25, -0.2) is 4.79 Å². The lowest BCUT2D eigenvalue weighted by molar-refractivity contribution is 0.173. The van der Waals surface area contributed by atoms with E-state index in [0.29, 0.717) is 6.61 Å². The Labute approximate surface area is 143 Å². The first-order valence-electron chi connectivity index (χ1n) is 8.00. The molecule has 1 unspecified atom stereocenters. The van der Waals surface area contributed by atoms with Crippen molar-refractivity contribution < 1.29 is 9.53 Å². The van der Waals surface area contributed by atoms with E-state index in [-0.39, 0.29) is 12.1 Å². The van der Waals surface area contributed by atoms with Gasteiger partial charge in [0.1, 0.15) is 0 Å². The summed E-state index contributed by atoms with van der Waals surface area (Å²) in [5.74, 6) is 0. The lowest BCUT2D eigenvalue weighted by Gasteiger charge is -2.20. The van der Waals surface area contributed by atoms with Crippen molar-refractivity contribution >= 4 is 17.4 Å². The summed E-state index contributed by atoms with van der Waals surface area (Å²) < 4.78 is 5.00. The van der Waals surface area contributed by atoms with Crippen LogP contribution in [0.2, 0.25) is 0 Å². The van der Waals surface area contributed by atoms with Crippen LogP contribution in [-0.2, 0) is 11.3 Å². The highest BCUT2D eigenvalue weighted by molar-refractivity contribution is 5.89. The number of hydrogen-bond donors (Lipinski definition) is 2. The van der Waals surface area contributed by atoms with Crippen LogP contribution in [0, 0.1) is 0 Å². The number of nitrogens with one attached hydrogen (secondary N) is 2. The standard InChI is InChI=1S/C19H25N3O2/c1-15(14-24-3)20-19(23)21-17-9-11-18(12-10-17)22(2)13-16-7-5-4-6-8-16/h4-12,15H,13-14H2,1-3H3,(H2,20,21,23). The Morgan fingerprint density at radius 2 is 1.79 bits per heavy atom. The zero-order valence-electron chi connectivity index (χ0n) is 14.5. The van der Waals surface area contributed by atoms with Crippen LogP contribution in [0.15, 0.2) is 54.6 Å². The van der Waals surface area contributed by atoms with Crippen molar-refractivity contribution in [1.82, 2.24) is 5.32 Å². The van der Waals surface area contributed by atoms with E-state index in [1.165, 1.54) is 5.56 Å². The number of anilines is 2. The molecule has 0 aliphatic carbocycles. The monoisotopic (exact) mass is 327 g/mol. The molecule has 0 aliphatic rings. The van der Waals surface area contributed by atoms with Gasteiger partial charge in [0.2, 0.25) is 0 Å². The number of ether oxygens (including phenoxy) is 1. The van der Waals surface area contributed by atoms with Gasteiger partial charge in [-0.15, -0.1) is 0 Å². The lowest BCUT2D eigenvalue weighted by Crippen LogP contribution is -2.38. The molecule has 2 amide bonds. The van der Waals surface area contributed by atoms with Crippen molar-refractivity contribution in [3.05, 3.63) is 60.2 Å². The fourth-order valence-electron chi connectivity index (χ4n) is 2.43. The molecule has 128 valence electrons. The fourth-order valence-corrected chi connectivity index (χ4v) is 2.43. The first-order valence-corrected chi connectivity index (χ1v) is 8.00. The Balaban J connectivity index is 1.89. The molecule has 0 saturated heterocycles. The SMILES string of the molecule is COCC(C)NC(=O)Nc1ccc(N(C)Cc2ccccc2)cc1. The predicted molar refractivity (Wildman–Crippen MR) is 98.5 cm³/mol. The van der Waals surface area contributed by atoms with Crippen molar-refractivity contribution in [3.8, 4) is 0 Å². The van der Waals surface area contributed by atoms with Crippen molar-refractivity contribution in [2.45, 2.75) is 19.5 Å². The Bertz CT molecular complexity index is 629. The minimum absolute atomic E-state index is 0.0359. The Morgan fingerprint density at radius 3 is 2.42 bits per heavy atom. The number of rotatable bonds is 7. The summed E-state index contributed by atoms with van der Waals surface area (Å²) in [6.45, 7) is 3.21. The van der Waals surface area contributed by atoms with Gasteiger partial charge >= 0.3 is 6.03 Å². The van der Waals surface area contributed by atoms with Gasteiger partial charge in [-0.3, -0.25) is 0 Å². The predicted octanol–water partition coefficient (Wildman–Crippen LogP) is 3.48. The number of nitrogens with zero attached hydrogens (tertiary/aromatic N) is 1. The number of methoxy groups -OCH3 is 1. The van der Waals surface area contributed by atoms with Gasteiger partial charge in [0, 0.05) is 32.1 Å². The number of hydrogen-bond acceptors (Lipinski definition) is 3. The summed E-state index contributed by atoms with van der Waals surface area (Å²) in [6.07, 6.45) is 0. The van der Waals surface area contributed by atoms with Gasteiger partial charge in [0.25, 0.3) is 0 Å². The summed E-state index contributed by atoms with van der Waals surface area (Å²) in [5.41, 5.74) is 3.11. The average Bonchev–Trinajstić information content (AvgIpc) is 2.56. The molecular formula is C19H25N3O2. The van der Waals surface area contributed by atoms with Crippen molar-refractivity contribution in [2.24, 2.45) is 0 Å². The second kappa shape index (κ2) is 8.93. The molecule has 0 aromatic heterocycles. The molecule has 2 rings (SSSR count). The maximum Gasteiger partial charge on any atom is 0.319 e. The highest BCUT2D eigenvalue weighted by Crippen LogP contribution is 2.18. The summed E-state index contributed by atoms with van der Waals surface area (Å²) >= 11 is 0. The van der Waals surface area contributed by atoms with Crippen LogP contribution in [0.3, 0.4) is 0 Å². The zero-order chi connectivity index (χ0) is 17.4. The first kappa shape index (κ1) is 17.8. The van der Waals surface area contributed by atoms with Crippen LogP contribution in [0.4, 0.5) is 16.2 Å². The molecule has 0 heterocycles. The maximum absolute atomic E-state index is 11.9. The van der Waals surface area contributed by atoms with Crippen LogP contribution in [-0.4, -0.2) is 32.8 Å². The number of urea groups is 1. The third kappa shape index (κ3) is 5.59. The molecule has 0 spiro atoms. The van der Waals surface area contributed by atoms with Gasteiger partial charge in [0.15, 0.2) is 0 Å². The first-order chi connectivity index (χ1) is 11.6. The van der Waals surface area contributed by atoms with E-state index in [2.05, 4.69) is 34.7 Å². The smallest absolute Gasteiger partial charge is 0.319 e. The topological polar surface area (TPSA) is 53.6 Å². The second-order valence-electron chi connectivity index (χ2n) is 5.84. The van der Waals surface area contributed by atoms with E-state index in [1.807, 2.05) is 49.4 Å². The second-order valence-corrected chi connectivity index (χ2v) is 5.84. The molecule has 2 aromatic carbocycles. The van der Waals surface area contributed by atoms with Crippen LogP contribution in [0.25, 0.3) is 0 Å². The van der Waals surface area contributed by atoms with Gasteiger partial charge < -0.3 is 20.3 Å². The zero-order valence-corrected chi connectivity index (χ0v) is 14.5. The summed E-state index contributed by atoms with van der Waals surface area (Å²) in [7, 11) is 3.66. The minimum Gasteiger partial charge on any atom is -0.383 e. The van der Waals surface area contributed by atoms with E-state index in [0.717, 1.165) is 17.9 Å². The minimum atomic E-state index is -0.232. The van der Waals surface area contributed by atoms with Crippen LogP contribution in [0.5, 0.6) is 0 Å². The van der Waals surface area contributed by atoms with Gasteiger partial charge in [-0.2, -0.15) is 0 Å². The molecule has 5 heteroatoms. The van der Waals surface area contributed by atoms with Crippen LogP contribution >= 0.6 is 0 Å². The highest BCUT2D eigenvalue weighted by atomic mass is 16.5. The molecule has 0 saturated carbocycles. The molecular weight excluding hydrogens is 302 g/mol. The summed E-state index contributed by atoms with van der Waals surface area (Å²) in [5, 5.41) is 5.64. The van der Waals surface area contributed by atoms with E-state index in [1.54, 1.807) is 7.11 Å². The van der Waals surface area contributed by atoms with E-state index in [9.17, 15) is 4.79 Å². The Kier molecular flexibility index (Phi) is 6.63. The third-order valence-electron chi connectivity index (χ3n) is 3.62. The molecule has 5 nitrogen and oxygen atoms in total. The Hall–Kier alpha value is -2.53. The lowest BCUT2D eigenvalue weighted by atomic mass is 10.2. The highest BCUT2D eigenvalue weighted by Gasteiger charge is 2.07. The van der Waals surface area contributed by atoms with Crippen LogP contribution in [0.1, 0.15) is 12.5 Å². The third-order valence-corrected chi connectivity index (χ3v) is 3.62. The molecule has 0 bridgehead atoms. The summed E-state index contributed by atoms with van der Waals surface area (Å²) in [6, 6.07) is 17.8. The normalized spacial score (nSPS) is 11.6. The van der Waals surface area contributed by atoms with Crippen molar-refractivity contribution in [2.75, 3.05) is 31.0 Å². The molecule has 1 atom stereocenters. The van der Waals surface area contributed by atoms with E-state index < -0.39 is 0 Å². The molecule has 2 aromatic rings. The largest absolute Gasteiger partial charge is 0.383 e. The number of carbonyl (C=O) groups excluding carboxylic acids is 1. The quantitative estimate of drug-likeness (QED) is 0.818. The summed E-state index contributed by atoms with van der Waals surface area (Å²) in [4.78, 5) is 14.0. The number of benzene rings is 2. The van der Waals surface area contributed by atoms with E-state index in [4.69, 9.17) is 4.74 Å². The number of amides is 2. The van der Waals surface area contributed by atoms with Crippen molar-refractivity contribution in [1.29, 1.82) is 0 Å². The fraction of sp³-hybridized carbons (Fsp3) is 0.316. The molecule has 0 fully saturated rings.